The van der Waals surface area contributed by atoms with Crippen LogP contribution < -0.4 is 0 Å². The number of nitrogens with zero attached hydrogens (tertiary/aromatic N) is 3. The minimum atomic E-state index is -0.458. The van der Waals surface area contributed by atoms with Crippen LogP contribution in [0.2, 0.25) is 0 Å². The molecule has 0 saturated heterocycles. The smallest absolute Gasteiger partial charge is 0.341 e. The Morgan fingerprint density at radius 2 is 2.00 bits per heavy atom. The number of esters is 1. The van der Waals surface area contributed by atoms with Gasteiger partial charge in [0.1, 0.15) is 17.1 Å². The van der Waals surface area contributed by atoms with Crippen LogP contribution in [-0.2, 0) is 11.3 Å². The third kappa shape index (κ3) is 3.51. The molecule has 2 aromatic heterocycles. The number of amides is 1. The molecule has 1 amide bonds. The average molecular weight is 353 g/mol. The first kappa shape index (κ1) is 17.5. The van der Waals surface area contributed by atoms with E-state index in [1.165, 1.54) is 12.0 Å². The van der Waals surface area contributed by atoms with Gasteiger partial charge in [-0.2, -0.15) is 5.10 Å². The zero-order valence-electron chi connectivity index (χ0n) is 14.8. The van der Waals surface area contributed by atoms with Crippen LogP contribution in [0.25, 0.3) is 5.69 Å². The average Bonchev–Trinajstić information content (AvgIpc) is 3.30. The topological polar surface area (TPSA) is 77.6 Å². The molecule has 0 aliphatic carbocycles. The number of aryl methyl sites for hydroxylation is 1. The maximum atomic E-state index is 12.6. The van der Waals surface area contributed by atoms with Gasteiger partial charge < -0.3 is 14.1 Å². The van der Waals surface area contributed by atoms with Gasteiger partial charge in [-0.1, -0.05) is 0 Å². The van der Waals surface area contributed by atoms with E-state index >= 15 is 0 Å². The summed E-state index contributed by atoms with van der Waals surface area (Å²) in [5.41, 5.74) is 1.80. The predicted octanol–water partition coefficient (Wildman–Crippen LogP) is 2.83. The number of methoxy groups -OCH3 is 1. The van der Waals surface area contributed by atoms with E-state index in [9.17, 15) is 9.59 Å². The van der Waals surface area contributed by atoms with E-state index in [1.54, 1.807) is 43.0 Å². The maximum Gasteiger partial charge on any atom is 0.341 e. The molecule has 0 N–H and O–H groups in total. The third-order valence-corrected chi connectivity index (χ3v) is 4.00. The molecular formula is C19H19N3O4. The summed E-state index contributed by atoms with van der Waals surface area (Å²) in [5.74, 6) is 0.384. The molecule has 0 bridgehead atoms. The lowest BCUT2D eigenvalue weighted by Gasteiger charge is -2.16. The van der Waals surface area contributed by atoms with Crippen molar-refractivity contribution in [2.45, 2.75) is 13.5 Å². The van der Waals surface area contributed by atoms with Crippen molar-refractivity contribution in [3.63, 3.8) is 0 Å². The van der Waals surface area contributed by atoms with Gasteiger partial charge in [0.2, 0.25) is 0 Å². The van der Waals surface area contributed by atoms with Crippen molar-refractivity contribution in [2.75, 3.05) is 14.2 Å². The summed E-state index contributed by atoms with van der Waals surface area (Å²) < 4.78 is 12.0. The van der Waals surface area contributed by atoms with Gasteiger partial charge in [0.05, 0.1) is 19.3 Å². The lowest BCUT2D eigenvalue weighted by molar-refractivity contribution is 0.0598. The Hall–Kier alpha value is -3.35. The Balaban J connectivity index is 1.71. The number of hydrogen-bond donors (Lipinski definition) is 0. The van der Waals surface area contributed by atoms with Gasteiger partial charge in [0, 0.05) is 25.0 Å². The molecule has 0 unspecified atom stereocenters. The fourth-order valence-corrected chi connectivity index (χ4v) is 2.64. The standard InChI is InChI=1S/C19H19N3O4/c1-13-17(19(24)25-3)11-16(26-13)12-21(2)18(23)14-5-7-15(8-6-14)22-10-4-9-20-22/h4-11H,12H2,1-3H3. The summed E-state index contributed by atoms with van der Waals surface area (Å²) in [5, 5.41) is 4.15. The zero-order chi connectivity index (χ0) is 18.7. The first-order valence-corrected chi connectivity index (χ1v) is 8.02. The Labute approximate surface area is 150 Å². The third-order valence-electron chi connectivity index (χ3n) is 4.00. The van der Waals surface area contributed by atoms with Crippen molar-refractivity contribution >= 4 is 11.9 Å². The number of aromatic nitrogens is 2. The second kappa shape index (κ2) is 7.26. The second-order valence-electron chi connectivity index (χ2n) is 5.83. The molecule has 0 radical (unpaired) electrons. The first-order valence-electron chi connectivity index (χ1n) is 8.02. The maximum absolute atomic E-state index is 12.6. The summed E-state index contributed by atoms with van der Waals surface area (Å²) >= 11 is 0. The van der Waals surface area contributed by atoms with Gasteiger partial charge in [-0.15, -0.1) is 0 Å². The van der Waals surface area contributed by atoms with Crippen LogP contribution in [-0.4, -0.2) is 40.7 Å². The van der Waals surface area contributed by atoms with Gasteiger partial charge in [-0.25, -0.2) is 9.48 Å². The van der Waals surface area contributed by atoms with Crippen LogP contribution in [0.4, 0.5) is 0 Å². The summed E-state index contributed by atoms with van der Waals surface area (Å²) in [6.45, 7) is 1.93. The Morgan fingerprint density at radius 3 is 2.62 bits per heavy atom. The Morgan fingerprint density at radius 1 is 1.27 bits per heavy atom. The molecule has 7 nitrogen and oxygen atoms in total. The molecule has 1 aromatic carbocycles. The number of furan rings is 1. The normalized spacial score (nSPS) is 10.6. The minimum absolute atomic E-state index is 0.148. The summed E-state index contributed by atoms with van der Waals surface area (Å²) in [7, 11) is 3.00. The lowest BCUT2D eigenvalue weighted by Crippen LogP contribution is -2.26. The van der Waals surface area contributed by atoms with Crippen molar-refractivity contribution in [1.82, 2.24) is 14.7 Å². The van der Waals surface area contributed by atoms with E-state index in [2.05, 4.69) is 5.10 Å². The van der Waals surface area contributed by atoms with Crippen molar-refractivity contribution in [2.24, 2.45) is 0 Å². The number of carbonyl (C=O) groups excluding carboxylic acids is 2. The molecule has 0 aliphatic heterocycles. The van der Waals surface area contributed by atoms with Gasteiger partial charge >= 0.3 is 5.97 Å². The fourth-order valence-electron chi connectivity index (χ4n) is 2.64. The highest BCUT2D eigenvalue weighted by atomic mass is 16.5. The minimum Gasteiger partial charge on any atom is -0.465 e. The molecule has 3 aromatic rings. The summed E-state index contributed by atoms with van der Waals surface area (Å²) in [6.07, 6.45) is 3.53. The highest BCUT2D eigenvalue weighted by Gasteiger charge is 2.18. The number of carbonyl (C=O) groups is 2. The molecule has 134 valence electrons. The fraction of sp³-hybridized carbons (Fsp3) is 0.211. The van der Waals surface area contributed by atoms with Gasteiger partial charge in [-0.3, -0.25) is 4.79 Å². The van der Waals surface area contributed by atoms with E-state index in [4.69, 9.17) is 9.15 Å². The van der Waals surface area contributed by atoms with Crippen LogP contribution in [0.5, 0.6) is 0 Å². The molecule has 0 aliphatic rings. The van der Waals surface area contributed by atoms with Gasteiger partial charge in [-0.05, 0) is 43.3 Å². The number of hydrogen-bond acceptors (Lipinski definition) is 5. The zero-order valence-corrected chi connectivity index (χ0v) is 14.8. The Kier molecular flexibility index (Phi) is 4.88. The molecule has 7 heteroatoms. The largest absolute Gasteiger partial charge is 0.465 e. The van der Waals surface area contributed by atoms with E-state index in [0.29, 0.717) is 22.6 Å². The molecule has 0 atom stereocenters. The quantitative estimate of drug-likeness (QED) is 0.659. The second-order valence-corrected chi connectivity index (χ2v) is 5.83. The van der Waals surface area contributed by atoms with Crippen LogP contribution in [0.3, 0.4) is 0 Å². The molecule has 0 spiro atoms. The Bertz CT molecular complexity index is 911. The highest BCUT2D eigenvalue weighted by Crippen LogP contribution is 2.18. The van der Waals surface area contributed by atoms with Crippen LogP contribution >= 0.6 is 0 Å². The summed E-state index contributed by atoms with van der Waals surface area (Å²) in [4.78, 5) is 25.8. The molecular weight excluding hydrogens is 334 g/mol. The molecule has 3 rings (SSSR count). The monoisotopic (exact) mass is 353 g/mol. The van der Waals surface area contributed by atoms with Crippen molar-refractivity contribution in [3.05, 3.63) is 71.4 Å². The predicted molar refractivity (Wildman–Crippen MR) is 94.1 cm³/mol. The molecule has 2 heterocycles. The number of ether oxygens (including phenoxy) is 1. The molecule has 0 fully saturated rings. The van der Waals surface area contributed by atoms with Crippen molar-refractivity contribution in [3.8, 4) is 5.69 Å². The van der Waals surface area contributed by atoms with Gasteiger partial charge in [0.25, 0.3) is 5.91 Å². The molecule has 0 saturated carbocycles. The highest BCUT2D eigenvalue weighted by molar-refractivity contribution is 5.94. The summed E-state index contributed by atoms with van der Waals surface area (Å²) in [6, 6.07) is 10.6. The molecule has 26 heavy (non-hydrogen) atoms. The number of benzene rings is 1. The van der Waals surface area contributed by atoms with E-state index in [1.807, 2.05) is 24.4 Å². The SMILES string of the molecule is COC(=O)c1cc(CN(C)C(=O)c2ccc(-n3cccn3)cc2)oc1C. The van der Waals surface area contributed by atoms with Crippen LogP contribution in [0.15, 0.2) is 53.2 Å². The van der Waals surface area contributed by atoms with E-state index in [-0.39, 0.29) is 12.5 Å². The van der Waals surface area contributed by atoms with Crippen molar-refractivity contribution < 1.29 is 18.7 Å². The first-order chi connectivity index (χ1) is 12.5. The lowest BCUT2D eigenvalue weighted by atomic mass is 10.2. The number of rotatable bonds is 5. The van der Waals surface area contributed by atoms with E-state index < -0.39 is 5.97 Å². The van der Waals surface area contributed by atoms with Gasteiger partial charge in [0.15, 0.2) is 0 Å². The van der Waals surface area contributed by atoms with Crippen LogP contribution in [0.1, 0.15) is 32.2 Å². The van der Waals surface area contributed by atoms with E-state index in [0.717, 1.165) is 5.69 Å². The van der Waals surface area contributed by atoms with Crippen LogP contribution in [0, 0.1) is 6.92 Å². The van der Waals surface area contributed by atoms with Crippen molar-refractivity contribution in [1.29, 1.82) is 0 Å².